The second kappa shape index (κ2) is 8.41. The number of carbonyl (C=O) groups excluding carboxylic acids is 1. The van der Waals surface area contributed by atoms with Crippen LogP contribution in [0, 0.1) is 0 Å². The molecule has 0 aliphatic carbocycles. The Bertz CT molecular complexity index is 236. The molecule has 0 aromatic carbocycles. The SMILES string of the molecule is Br.CCOCCOC(=O)C(C)N1C=CNC1. The van der Waals surface area contributed by atoms with E-state index < -0.39 is 0 Å². The largest absolute Gasteiger partial charge is 0.462 e. The summed E-state index contributed by atoms with van der Waals surface area (Å²) in [6, 6.07) is -0.252. The molecule has 0 aromatic heterocycles. The molecule has 1 atom stereocenters. The molecule has 6 heteroatoms. The minimum Gasteiger partial charge on any atom is -0.462 e. The van der Waals surface area contributed by atoms with E-state index in [1.54, 1.807) is 0 Å². The van der Waals surface area contributed by atoms with Crippen molar-refractivity contribution < 1.29 is 14.3 Å². The first-order valence-corrected chi connectivity index (χ1v) is 5.16. The summed E-state index contributed by atoms with van der Waals surface area (Å²) in [7, 11) is 0. The maximum atomic E-state index is 11.5. The summed E-state index contributed by atoms with van der Waals surface area (Å²) in [5, 5.41) is 3.00. The highest BCUT2D eigenvalue weighted by molar-refractivity contribution is 8.93. The van der Waals surface area contributed by atoms with Crippen molar-refractivity contribution in [1.29, 1.82) is 0 Å². The van der Waals surface area contributed by atoms with Crippen LogP contribution in [0.25, 0.3) is 0 Å². The summed E-state index contributed by atoms with van der Waals surface area (Å²) in [5.74, 6) is -0.219. The van der Waals surface area contributed by atoms with E-state index in [1.807, 2.05) is 31.1 Å². The number of esters is 1. The Morgan fingerprint density at radius 2 is 2.31 bits per heavy atom. The Morgan fingerprint density at radius 1 is 1.56 bits per heavy atom. The lowest BCUT2D eigenvalue weighted by atomic mass is 10.3. The molecule has 0 bridgehead atoms. The molecule has 1 aliphatic rings. The van der Waals surface area contributed by atoms with Gasteiger partial charge in [-0.05, 0) is 13.8 Å². The first kappa shape index (κ1) is 15.2. The summed E-state index contributed by atoms with van der Waals surface area (Å²) in [6.07, 6.45) is 3.65. The smallest absolute Gasteiger partial charge is 0.328 e. The van der Waals surface area contributed by atoms with E-state index in [9.17, 15) is 4.79 Å². The Kier molecular flexibility index (Phi) is 8.01. The van der Waals surface area contributed by atoms with Crippen molar-refractivity contribution in [3.05, 3.63) is 12.4 Å². The Morgan fingerprint density at radius 3 is 2.88 bits per heavy atom. The van der Waals surface area contributed by atoms with Crippen molar-refractivity contribution in [2.45, 2.75) is 19.9 Å². The van der Waals surface area contributed by atoms with Gasteiger partial charge in [0.2, 0.25) is 0 Å². The number of carbonyl (C=O) groups is 1. The van der Waals surface area contributed by atoms with Crippen LogP contribution in [-0.2, 0) is 14.3 Å². The fraction of sp³-hybridized carbons (Fsp3) is 0.700. The number of nitrogens with one attached hydrogen (secondary N) is 1. The lowest BCUT2D eigenvalue weighted by molar-refractivity contribution is -0.149. The predicted molar refractivity (Wildman–Crippen MR) is 66.2 cm³/mol. The molecule has 0 fully saturated rings. The monoisotopic (exact) mass is 294 g/mol. The van der Waals surface area contributed by atoms with Gasteiger partial charge in [0.25, 0.3) is 0 Å². The van der Waals surface area contributed by atoms with Crippen LogP contribution < -0.4 is 5.32 Å². The average molecular weight is 295 g/mol. The molecule has 0 aromatic rings. The summed E-state index contributed by atoms with van der Waals surface area (Å²) in [4.78, 5) is 13.4. The fourth-order valence-electron chi connectivity index (χ4n) is 1.23. The van der Waals surface area contributed by atoms with E-state index in [0.29, 0.717) is 26.5 Å². The van der Waals surface area contributed by atoms with E-state index in [2.05, 4.69) is 5.32 Å². The van der Waals surface area contributed by atoms with Gasteiger partial charge in [0.15, 0.2) is 0 Å². The molecule has 1 aliphatic heterocycles. The van der Waals surface area contributed by atoms with Gasteiger partial charge in [0.05, 0.1) is 13.3 Å². The molecule has 94 valence electrons. The zero-order chi connectivity index (χ0) is 11.1. The maximum absolute atomic E-state index is 11.5. The second-order valence-corrected chi connectivity index (χ2v) is 3.23. The fourth-order valence-corrected chi connectivity index (χ4v) is 1.23. The molecule has 1 N–H and O–H groups in total. The van der Waals surface area contributed by atoms with E-state index >= 15 is 0 Å². The maximum Gasteiger partial charge on any atom is 0.328 e. The van der Waals surface area contributed by atoms with E-state index in [-0.39, 0.29) is 29.0 Å². The highest BCUT2D eigenvalue weighted by atomic mass is 79.9. The molecule has 16 heavy (non-hydrogen) atoms. The van der Waals surface area contributed by atoms with Gasteiger partial charge in [0.1, 0.15) is 12.6 Å². The number of hydrogen-bond acceptors (Lipinski definition) is 5. The molecule has 0 radical (unpaired) electrons. The molecule has 5 nitrogen and oxygen atoms in total. The second-order valence-electron chi connectivity index (χ2n) is 3.23. The lowest BCUT2D eigenvalue weighted by Crippen LogP contribution is -2.37. The molecule has 1 unspecified atom stereocenters. The van der Waals surface area contributed by atoms with Crippen LogP contribution in [0.5, 0.6) is 0 Å². The Balaban J connectivity index is 0.00000225. The molecule has 0 saturated carbocycles. The number of halogens is 1. The van der Waals surface area contributed by atoms with Crippen LogP contribution in [0.4, 0.5) is 0 Å². The minimum absolute atomic E-state index is 0. The molecule has 0 amide bonds. The Hall–Kier alpha value is -0.750. The van der Waals surface area contributed by atoms with Gasteiger partial charge < -0.3 is 19.7 Å². The molecule has 1 heterocycles. The molecule has 0 spiro atoms. The molecule has 1 rings (SSSR count). The average Bonchev–Trinajstić information content (AvgIpc) is 2.76. The van der Waals surface area contributed by atoms with Gasteiger partial charge in [-0.1, -0.05) is 0 Å². The highest BCUT2D eigenvalue weighted by Crippen LogP contribution is 2.04. The van der Waals surface area contributed by atoms with Gasteiger partial charge in [-0.3, -0.25) is 0 Å². The van der Waals surface area contributed by atoms with Crippen LogP contribution in [0.3, 0.4) is 0 Å². The van der Waals surface area contributed by atoms with Crippen LogP contribution >= 0.6 is 17.0 Å². The summed E-state index contributed by atoms with van der Waals surface area (Å²) in [5.41, 5.74) is 0. The topological polar surface area (TPSA) is 50.8 Å². The quantitative estimate of drug-likeness (QED) is 0.582. The van der Waals surface area contributed by atoms with Gasteiger partial charge in [0, 0.05) is 19.0 Å². The first-order valence-electron chi connectivity index (χ1n) is 5.16. The number of hydrogen-bond donors (Lipinski definition) is 1. The predicted octanol–water partition coefficient (Wildman–Crippen LogP) is 0.866. The summed E-state index contributed by atoms with van der Waals surface area (Å²) >= 11 is 0. The number of rotatable bonds is 6. The van der Waals surface area contributed by atoms with Gasteiger partial charge >= 0.3 is 5.97 Å². The first-order chi connectivity index (χ1) is 7.25. The van der Waals surface area contributed by atoms with Crippen molar-refractivity contribution in [3.63, 3.8) is 0 Å². The van der Waals surface area contributed by atoms with E-state index in [1.165, 1.54) is 0 Å². The third-order valence-corrected chi connectivity index (χ3v) is 2.17. The zero-order valence-electron chi connectivity index (χ0n) is 9.64. The van der Waals surface area contributed by atoms with E-state index in [0.717, 1.165) is 0 Å². The minimum atomic E-state index is -0.252. The van der Waals surface area contributed by atoms with Crippen LogP contribution in [0.2, 0.25) is 0 Å². The normalized spacial score (nSPS) is 15.2. The molecular weight excluding hydrogens is 276 g/mol. The van der Waals surface area contributed by atoms with E-state index in [4.69, 9.17) is 9.47 Å². The van der Waals surface area contributed by atoms with Crippen molar-refractivity contribution in [2.75, 3.05) is 26.5 Å². The van der Waals surface area contributed by atoms with Crippen molar-refractivity contribution in [2.24, 2.45) is 0 Å². The van der Waals surface area contributed by atoms with Crippen LogP contribution in [0.1, 0.15) is 13.8 Å². The number of ether oxygens (including phenoxy) is 2. The van der Waals surface area contributed by atoms with Gasteiger partial charge in [-0.25, -0.2) is 4.79 Å². The van der Waals surface area contributed by atoms with Crippen molar-refractivity contribution in [3.8, 4) is 0 Å². The molecule has 0 saturated heterocycles. The van der Waals surface area contributed by atoms with Gasteiger partial charge in [-0.15, -0.1) is 17.0 Å². The lowest BCUT2D eigenvalue weighted by Gasteiger charge is -2.21. The van der Waals surface area contributed by atoms with Crippen molar-refractivity contribution in [1.82, 2.24) is 10.2 Å². The van der Waals surface area contributed by atoms with Crippen LogP contribution in [-0.4, -0.2) is 43.4 Å². The summed E-state index contributed by atoms with van der Waals surface area (Å²) in [6.45, 7) is 5.81. The standard InChI is InChI=1S/C10H18N2O3.BrH/c1-3-14-6-7-15-10(13)9(2)12-5-4-11-8-12;/h4-5,9,11H,3,6-8H2,1-2H3;1H. The Labute approximate surface area is 107 Å². The zero-order valence-corrected chi connectivity index (χ0v) is 11.4. The number of nitrogens with zero attached hydrogens (tertiary/aromatic N) is 1. The third-order valence-electron chi connectivity index (χ3n) is 2.17. The third kappa shape index (κ3) is 4.85. The van der Waals surface area contributed by atoms with Crippen molar-refractivity contribution >= 4 is 23.0 Å². The van der Waals surface area contributed by atoms with Crippen LogP contribution in [0.15, 0.2) is 12.4 Å². The summed E-state index contributed by atoms with van der Waals surface area (Å²) < 4.78 is 10.1. The molecular formula is C10H19BrN2O3. The van der Waals surface area contributed by atoms with Gasteiger partial charge in [-0.2, -0.15) is 0 Å². The highest BCUT2D eigenvalue weighted by Gasteiger charge is 2.21.